The van der Waals surface area contributed by atoms with Crippen molar-refractivity contribution in [3.63, 3.8) is 0 Å². The highest BCUT2D eigenvalue weighted by Crippen LogP contribution is 2.46. The van der Waals surface area contributed by atoms with Gasteiger partial charge in [0, 0.05) is 23.8 Å². The Hall–Kier alpha value is -4.66. The Morgan fingerprint density at radius 1 is 1.08 bits per heavy atom. The lowest BCUT2D eigenvalue weighted by atomic mass is 10.1. The van der Waals surface area contributed by atoms with Crippen LogP contribution in [0.15, 0.2) is 47.5 Å². The van der Waals surface area contributed by atoms with E-state index in [4.69, 9.17) is 23.7 Å². The van der Waals surface area contributed by atoms with Gasteiger partial charge in [-0.1, -0.05) is 12.7 Å². The second-order valence-corrected chi connectivity index (χ2v) is 13.5. The fourth-order valence-corrected chi connectivity index (χ4v) is 7.18. The number of amides is 3. The Labute approximate surface area is 298 Å². The topological polar surface area (TPSA) is 172 Å². The van der Waals surface area contributed by atoms with E-state index in [9.17, 15) is 24.0 Å². The van der Waals surface area contributed by atoms with Gasteiger partial charge in [-0.3, -0.25) is 9.59 Å². The maximum atomic E-state index is 14.2. The van der Waals surface area contributed by atoms with E-state index in [1.807, 2.05) is 0 Å². The molecule has 14 nitrogen and oxygen atoms in total. The van der Waals surface area contributed by atoms with E-state index in [1.54, 1.807) is 25.1 Å². The SMILES string of the molecule is C=C[C@@H]1C[C@]1(NC(=O)C1C[C@@H](Oc2cc(C(=O)OC)nc3c(Br)c(OC)ccc23)CN1C(=O)[C@@H](NC(=O)OC1CCCC1)C(=C)C)C(=O)OC. The number of likely N-dealkylation sites (tertiary alicyclic amines) is 1. The highest BCUT2D eigenvalue weighted by Gasteiger charge is 2.62. The summed E-state index contributed by atoms with van der Waals surface area (Å²) in [6.07, 6.45) is 3.45. The summed E-state index contributed by atoms with van der Waals surface area (Å²) in [5.74, 6) is -2.21. The first kappa shape index (κ1) is 36.6. The first-order valence-corrected chi connectivity index (χ1v) is 17.0. The number of esters is 2. The zero-order chi connectivity index (χ0) is 36.3. The van der Waals surface area contributed by atoms with E-state index in [2.05, 4.69) is 44.7 Å². The Bertz CT molecular complexity index is 1730. The van der Waals surface area contributed by atoms with E-state index < -0.39 is 53.6 Å². The minimum absolute atomic E-state index is 0.00227. The molecule has 50 heavy (non-hydrogen) atoms. The van der Waals surface area contributed by atoms with Crippen LogP contribution in [-0.2, 0) is 28.6 Å². The van der Waals surface area contributed by atoms with Crippen LogP contribution >= 0.6 is 15.9 Å². The number of methoxy groups -OCH3 is 3. The third kappa shape index (κ3) is 7.28. The van der Waals surface area contributed by atoms with Gasteiger partial charge < -0.3 is 39.2 Å². The first-order valence-electron chi connectivity index (χ1n) is 16.3. The van der Waals surface area contributed by atoms with Crippen LogP contribution in [0.3, 0.4) is 0 Å². The van der Waals surface area contributed by atoms with Gasteiger partial charge >= 0.3 is 18.0 Å². The highest BCUT2D eigenvalue weighted by atomic mass is 79.9. The fraction of sp³-hybridized carbons (Fsp3) is 0.486. The van der Waals surface area contributed by atoms with Crippen molar-refractivity contribution in [1.82, 2.24) is 20.5 Å². The predicted molar refractivity (Wildman–Crippen MR) is 184 cm³/mol. The molecule has 2 N–H and O–H groups in total. The smallest absolute Gasteiger partial charge is 0.408 e. The van der Waals surface area contributed by atoms with Gasteiger partial charge in [-0.25, -0.2) is 19.4 Å². The summed E-state index contributed by atoms with van der Waals surface area (Å²) in [4.78, 5) is 72.3. The summed E-state index contributed by atoms with van der Waals surface area (Å²) >= 11 is 3.49. The van der Waals surface area contributed by atoms with E-state index in [0.29, 0.717) is 26.7 Å². The quantitative estimate of drug-likeness (QED) is 0.182. The van der Waals surface area contributed by atoms with Crippen LogP contribution < -0.4 is 20.1 Å². The minimum atomic E-state index is -1.32. The van der Waals surface area contributed by atoms with Gasteiger partial charge in [0.1, 0.15) is 41.3 Å². The normalized spacial score (nSPS) is 23.4. The number of pyridine rings is 1. The summed E-state index contributed by atoms with van der Waals surface area (Å²) < 4.78 is 27.8. The van der Waals surface area contributed by atoms with Crippen molar-refractivity contribution in [1.29, 1.82) is 0 Å². The fourth-order valence-electron chi connectivity index (χ4n) is 6.59. The number of rotatable bonds is 12. The monoisotopic (exact) mass is 756 g/mol. The molecule has 5 atom stereocenters. The number of fused-ring (bicyclic) bond motifs is 1. The standard InChI is InChI=1S/C35H41BrN4O10/c1-7-19-16-35(19,33(44)48-6)39-30(41)24-14-21(17-40(24)31(42)28(18(2)3)38-34(45)50-20-10-8-9-11-20)49-26-15-23(32(43)47-5)37-29-22(26)12-13-25(46-4)27(29)36/h7,12-13,15,19-21,24,28H,1-2,8-11,14,16-17H2,3-6H3,(H,38,45)(H,39,41)/t19-,21-,24?,28+,35-/m1/s1. The Balaban J connectivity index is 1.47. The van der Waals surface area contributed by atoms with Gasteiger partial charge in [0.2, 0.25) is 11.8 Å². The molecule has 0 radical (unpaired) electrons. The van der Waals surface area contributed by atoms with Crippen LogP contribution in [-0.4, -0.2) is 97.4 Å². The van der Waals surface area contributed by atoms with Gasteiger partial charge in [0.05, 0.1) is 37.9 Å². The molecule has 3 aliphatic rings. The Morgan fingerprint density at radius 2 is 1.80 bits per heavy atom. The predicted octanol–water partition coefficient (Wildman–Crippen LogP) is 3.99. The molecule has 2 saturated carbocycles. The number of nitrogens with zero attached hydrogens (tertiary/aromatic N) is 2. The molecular formula is C35H41BrN4O10. The number of nitrogens with one attached hydrogen (secondary N) is 2. The number of carbonyl (C=O) groups is 5. The average Bonchev–Trinajstić information content (AvgIpc) is 3.36. The van der Waals surface area contributed by atoms with E-state index >= 15 is 0 Å². The molecule has 2 heterocycles. The number of aromatic nitrogens is 1. The molecule has 1 unspecified atom stereocenters. The summed E-state index contributed by atoms with van der Waals surface area (Å²) in [6, 6.07) is 2.49. The van der Waals surface area contributed by atoms with Crippen LogP contribution in [0.5, 0.6) is 11.5 Å². The third-order valence-corrected chi connectivity index (χ3v) is 10.1. The zero-order valence-corrected chi connectivity index (χ0v) is 30.0. The van der Waals surface area contributed by atoms with Crippen LogP contribution in [0, 0.1) is 5.92 Å². The van der Waals surface area contributed by atoms with Gasteiger partial charge in [0.25, 0.3) is 0 Å². The summed E-state index contributed by atoms with van der Waals surface area (Å²) in [5.41, 5.74) is -0.677. The molecule has 1 aromatic carbocycles. The third-order valence-electron chi connectivity index (χ3n) is 9.38. The molecule has 1 aliphatic heterocycles. The molecule has 15 heteroatoms. The maximum Gasteiger partial charge on any atom is 0.408 e. The number of alkyl carbamates (subject to hydrolysis) is 1. The number of hydrogen-bond acceptors (Lipinski definition) is 11. The Kier molecular flexibility index (Phi) is 11.0. The molecule has 1 saturated heterocycles. The van der Waals surface area contributed by atoms with Crippen molar-refractivity contribution in [3.8, 4) is 11.5 Å². The van der Waals surface area contributed by atoms with Crippen LogP contribution in [0.2, 0.25) is 0 Å². The number of carbonyl (C=O) groups excluding carboxylic acids is 5. The Morgan fingerprint density at radius 3 is 2.40 bits per heavy atom. The number of halogens is 1. The van der Waals surface area contributed by atoms with Crippen molar-refractivity contribution < 1.29 is 47.7 Å². The van der Waals surface area contributed by atoms with Crippen molar-refractivity contribution in [2.24, 2.45) is 5.92 Å². The van der Waals surface area contributed by atoms with Gasteiger partial charge in [-0.2, -0.15) is 0 Å². The molecule has 3 amide bonds. The molecule has 2 aliphatic carbocycles. The van der Waals surface area contributed by atoms with Crippen molar-refractivity contribution >= 4 is 56.7 Å². The zero-order valence-electron chi connectivity index (χ0n) is 28.4. The van der Waals surface area contributed by atoms with Crippen molar-refractivity contribution in [3.05, 3.63) is 53.2 Å². The molecule has 5 rings (SSSR count). The van der Waals surface area contributed by atoms with E-state index in [-0.39, 0.29) is 42.9 Å². The van der Waals surface area contributed by atoms with Gasteiger partial charge in [-0.05, 0) is 72.7 Å². The number of hydrogen-bond donors (Lipinski definition) is 2. The van der Waals surface area contributed by atoms with Crippen LogP contribution in [0.4, 0.5) is 4.79 Å². The van der Waals surface area contributed by atoms with E-state index in [1.165, 1.54) is 32.3 Å². The summed E-state index contributed by atoms with van der Waals surface area (Å²) in [7, 11) is 3.95. The van der Waals surface area contributed by atoms with Gasteiger partial charge in [-0.15, -0.1) is 6.58 Å². The second kappa shape index (κ2) is 15.1. The molecule has 0 spiro atoms. The van der Waals surface area contributed by atoms with Crippen LogP contribution in [0.1, 0.15) is 55.9 Å². The maximum absolute atomic E-state index is 14.2. The van der Waals surface area contributed by atoms with Crippen LogP contribution in [0.25, 0.3) is 10.9 Å². The lowest BCUT2D eigenvalue weighted by molar-refractivity contribution is -0.148. The lowest BCUT2D eigenvalue weighted by Crippen LogP contribution is -2.56. The molecule has 0 bridgehead atoms. The van der Waals surface area contributed by atoms with Crippen molar-refractivity contribution in [2.75, 3.05) is 27.9 Å². The first-order chi connectivity index (χ1) is 23.9. The molecule has 2 aromatic rings. The van der Waals surface area contributed by atoms with Gasteiger partial charge in [0.15, 0.2) is 5.69 Å². The minimum Gasteiger partial charge on any atom is -0.495 e. The molecule has 1 aromatic heterocycles. The largest absolute Gasteiger partial charge is 0.495 e. The number of ether oxygens (including phenoxy) is 5. The highest BCUT2D eigenvalue weighted by molar-refractivity contribution is 9.10. The molecule has 3 fully saturated rings. The average molecular weight is 758 g/mol. The lowest BCUT2D eigenvalue weighted by Gasteiger charge is -2.29. The summed E-state index contributed by atoms with van der Waals surface area (Å²) in [5, 5.41) is 5.95. The van der Waals surface area contributed by atoms with E-state index in [0.717, 1.165) is 25.7 Å². The number of benzene rings is 1. The summed E-state index contributed by atoms with van der Waals surface area (Å²) in [6.45, 7) is 9.18. The second-order valence-electron chi connectivity index (χ2n) is 12.7. The molecule has 268 valence electrons. The van der Waals surface area contributed by atoms with Crippen molar-refractivity contribution in [2.45, 2.75) is 75.3 Å². The molecular weight excluding hydrogens is 716 g/mol.